The van der Waals surface area contributed by atoms with Crippen LogP contribution in [0.4, 0.5) is 0 Å². The van der Waals surface area contributed by atoms with Crippen LogP contribution in [0.25, 0.3) is 78.5 Å². The van der Waals surface area contributed by atoms with E-state index < -0.39 is 0 Å². The summed E-state index contributed by atoms with van der Waals surface area (Å²) in [5.74, 6) is 0.165. The number of rotatable bonds is 5. The Kier molecular flexibility index (Phi) is 6.03. The molecule has 222 valence electrons. The molecule has 1 aliphatic rings. The van der Waals surface area contributed by atoms with Crippen molar-refractivity contribution < 1.29 is 4.79 Å². The number of nitrogens with zero attached hydrogens (tertiary/aromatic N) is 2. The fourth-order valence-electron chi connectivity index (χ4n) is 7.56. The molecule has 0 bridgehead atoms. The molecule has 0 atom stereocenters. The van der Waals surface area contributed by atoms with Crippen LogP contribution in [0.2, 0.25) is 0 Å². The Bertz CT molecular complexity index is 2600. The van der Waals surface area contributed by atoms with Gasteiger partial charge in [-0.25, -0.2) is 0 Å². The van der Waals surface area contributed by atoms with Gasteiger partial charge in [0.2, 0.25) is 0 Å². The highest BCUT2D eigenvalue weighted by molar-refractivity contribution is 6.12. The Morgan fingerprint density at radius 2 is 1.19 bits per heavy atom. The minimum absolute atomic E-state index is 0.165. The van der Waals surface area contributed by atoms with Gasteiger partial charge >= 0.3 is 0 Å². The second-order valence-corrected chi connectivity index (χ2v) is 12.2. The van der Waals surface area contributed by atoms with Crippen molar-refractivity contribution in [2.75, 3.05) is 0 Å². The van der Waals surface area contributed by atoms with Gasteiger partial charge < -0.3 is 9.13 Å². The Balaban J connectivity index is 1.21. The molecule has 6 aromatic carbocycles. The first kappa shape index (κ1) is 27.1. The van der Waals surface area contributed by atoms with Crippen molar-refractivity contribution in [2.24, 2.45) is 0 Å². The van der Waals surface area contributed by atoms with E-state index in [0.717, 1.165) is 77.9 Å². The third kappa shape index (κ3) is 4.03. The lowest BCUT2D eigenvalue weighted by Gasteiger charge is -2.20. The van der Waals surface area contributed by atoms with Crippen molar-refractivity contribution in [1.82, 2.24) is 9.13 Å². The highest BCUT2D eigenvalue weighted by Crippen LogP contribution is 2.40. The molecule has 9 rings (SSSR count). The standard InChI is InChI=1S/C44H30N2O/c1-3-33-37-24-28(18-22-42(37)45(40(33)4-2)31-13-6-5-7-14-31)29-19-23-43-38(25-29)36-16-10-11-17-41(36)46(43)32-20-21-35-34-15-9-8-12-30(34)26-44(47)39(35)27-32/h3-25,27H,1-2,26H2. The van der Waals surface area contributed by atoms with Crippen LogP contribution >= 0.6 is 0 Å². The van der Waals surface area contributed by atoms with E-state index in [1.807, 2.05) is 30.4 Å². The summed E-state index contributed by atoms with van der Waals surface area (Å²) in [5, 5.41) is 3.49. The van der Waals surface area contributed by atoms with Crippen LogP contribution in [0.5, 0.6) is 0 Å². The van der Waals surface area contributed by atoms with Gasteiger partial charge in [0.15, 0.2) is 5.78 Å². The van der Waals surface area contributed by atoms with E-state index >= 15 is 0 Å². The monoisotopic (exact) mass is 602 g/mol. The molecule has 0 unspecified atom stereocenters. The molecule has 0 saturated heterocycles. The fraction of sp³-hybridized carbons (Fsp3) is 0.0227. The predicted octanol–water partition coefficient (Wildman–Crippen LogP) is 11.1. The molecule has 2 aromatic heterocycles. The van der Waals surface area contributed by atoms with E-state index in [2.05, 4.69) is 138 Å². The van der Waals surface area contributed by atoms with Crippen molar-refractivity contribution in [3.63, 3.8) is 0 Å². The first-order valence-corrected chi connectivity index (χ1v) is 15.9. The SMILES string of the molecule is C=Cc1c(C=C)n(-c2ccccc2)c2ccc(-c3ccc4c(c3)c3ccccc3n4-c3ccc4c(c3)C(=O)Cc3ccccc3-4)cc12. The highest BCUT2D eigenvalue weighted by Gasteiger charge is 2.24. The van der Waals surface area contributed by atoms with Crippen molar-refractivity contribution in [3.8, 4) is 33.6 Å². The smallest absolute Gasteiger partial charge is 0.167 e. The third-order valence-corrected chi connectivity index (χ3v) is 9.68. The van der Waals surface area contributed by atoms with E-state index in [1.165, 1.54) is 10.8 Å². The zero-order chi connectivity index (χ0) is 31.6. The van der Waals surface area contributed by atoms with E-state index in [9.17, 15) is 4.79 Å². The lowest BCUT2D eigenvalue weighted by Crippen LogP contribution is -2.13. The summed E-state index contributed by atoms with van der Waals surface area (Å²) >= 11 is 0. The largest absolute Gasteiger partial charge is 0.309 e. The van der Waals surface area contributed by atoms with Crippen molar-refractivity contribution in [1.29, 1.82) is 0 Å². The summed E-state index contributed by atoms with van der Waals surface area (Å²) in [5.41, 5.74) is 13.9. The molecule has 1 aliphatic carbocycles. The van der Waals surface area contributed by atoms with Crippen molar-refractivity contribution in [2.45, 2.75) is 6.42 Å². The van der Waals surface area contributed by atoms with Crippen LogP contribution in [0, 0.1) is 0 Å². The average molecular weight is 603 g/mol. The molecule has 0 amide bonds. The number of carbonyl (C=O) groups excluding carboxylic acids is 1. The minimum atomic E-state index is 0.165. The summed E-state index contributed by atoms with van der Waals surface area (Å²) in [7, 11) is 0. The Labute approximate surface area is 273 Å². The second-order valence-electron chi connectivity index (χ2n) is 12.2. The molecular formula is C44H30N2O. The molecule has 0 spiro atoms. The quantitative estimate of drug-likeness (QED) is 0.193. The maximum absolute atomic E-state index is 13.3. The van der Waals surface area contributed by atoms with E-state index in [1.54, 1.807) is 0 Å². The van der Waals surface area contributed by atoms with Crippen molar-refractivity contribution >= 4 is 50.6 Å². The molecule has 47 heavy (non-hydrogen) atoms. The molecule has 3 heteroatoms. The van der Waals surface area contributed by atoms with Gasteiger partial charge in [-0.1, -0.05) is 98.1 Å². The van der Waals surface area contributed by atoms with Gasteiger partial charge in [0.1, 0.15) is 0 Å². The van der Waals surface area contributed by atoms with Gasteiger partial charge in [-0.15, -0.1) is 0 Å². The van der Waals surface area contributed by atoms with Crippen molar-refractivity contribution in [3.05, 3.63) is 169 Å². The lowest BCUT2D eigenvalue weighted by molar-refractivity contribution is 0.0992. The number of hydrogen-bond donors (Lipinski definition) is 0. The Hall–Kier alpha value is -6.19. The Morgan fingerprint density at radius 1 is 0.511 bits per heavy atom. The topological polar surface area (TPSA) is 26.9 Å². The van der Waals surface area contributed by atoms with E-state index in [4.69, 9.17) is 0 Å². The number of hydrogen-bond acceptors (Lipinski definition) is 1. The van der Waals surface area contributed by atoms with Gasteiger partial charge in [0, 0.05) is 45.1 Å². The summed E-state index contributed by atoms with van der Waals surface area (Å²) in [6, 6.07) is 46.9. The number of Topliss-reactive ketones (excluding diaryl/α,β-unsaturated/α-hetero) is 1. The molecule has 0 N–H and O–H groups in total. The fourth-order valence-corrected chi connectivity index (χ4v) is 7.56. The van der Waals surface area contributed by atoms with Crippen LogP contribution in [0.15, 0.2) is 147 Å². The van der Waals surface area contributed by atoms with Crippen LogP contribution in [0.1, 0.15) is 27.2 Å². The van der Waals surface area contributed by atoms with Crippen LogP contribution < -0.4 is 0 Å². The van der Waals surface area contributed by atoms with Gasteiger partial charge in [0.25, 0.3) is 0 Å². The highest BCUT2D eigenvalue weighted by atomic mass is 16.1. The zero-order valence-electron chi connectivity index (χ0n) is 25.8. The molecule has 0 aliphatic heterocycles. The molecule has 0 saturated carbocycles. The summed E-state index contributed by atoms with van der Waals surface area (Å²) in [4.78, 5) is 13.3. The summed E-state index contributed by atoms with van der Waals surface area (Å²) in [6.07, 6.45) is 4.28. The normalized spacial score (nSPS) is 12.4. The zero-order valence-corrected chi connectivity index (χ0v) is 25.8. The van der Waals surface area contributed by atoms with Crippen LogP contribution in [0.3, 0.4) is 0 Å². The second kappa shape index (κ2) is 10.4. The van der Waals surface area contributed by atoms with Gasteiger partial charge in [-0.3, -0.25) is 4.79 Å². The van der Waals surface area contributed by atoms with E-state index in [0.29, 0.717) is 6.42 Å². The maximum Gasteiger partial charge on any atom is 0.167 e. The number of aromatic nitrogens is 2. The first-order valence-electron chi connectivity index (χ1n) is 15.9. The predicted molar refractivity (Wildman–Crippen MR) is 197 cm³/mol. The Morgan fingerprint density at radius 3 is 1.98 bits per heavy atom. The van der Waals surface area contributed by atoms with Gasteiger partial charge in [-0.2, -0.15) is 0 Å². The molecule has 8 aromatic rings. The lowest BCUT2D eigenvalue weighted by atomic mass is 9.84. The third-order valence-electron chi connectivity index (χ3n) is 9.68. The van der Waals surface area contributed by atoms with E-state index in [-0.39, 0.29) is 5.78 Å². The number of para-hydroxylation sites is 2. The van der Waals surface area contributed by atoms with Crippen LogP contribution in [-0.4, -0.2) is 14.9 Å². The molecular weight excluding hydrogens is 572 g/mol. The summed E-state index contributed by atoms with van der Waals surface area (Å²) < 4.78 is 4.54. The maximum atomic E-state index is 13.3. The minimum Gasteiger partial charge on any atom is -0.309 e. The molecule has 0 fully saturated rings. The number of carbonyl (C=O) groups is 1. The van der Waals surface area contributed by atoms with Gasteiger partial charge in [-0.05, 0) is 88.5 Å². The number of benzene rings is 6. The average Bonchev–Trinajstić information content (AvgIpc) is 3.63. The number of fused-ring (bicyclic) bond motifs is 7. The molecule has 3 nitrogen and oxygen atoms in total. The number of ketones is 1. The molecule has 0 radical (unpaired) electrons. The first-order chi connectivity index (χ1) is 23.1. The molecule has 2 heterocycles. The van der Waals surface area contributed by atoms with Gasteiger partial charge in [0.05, 0.1) is 22.2 Å². The summed E-state index contributed by atoms with van der Waals surface area (Å²) in [6.45, 7) is 8.30. The van der Waals surface area contributed by atoms with Crippen LogP contribution in [-0.2, 0) is 6.42 Å².